The molecule has 0 saturated heterocycles. The first-order valence-electron chi connectivity index (χ1n) is 4.72. The first-order valence-corrected chi connectivity index (χ1v) is 4.72. The fraction of sp³-hybridized carbons (Fsp3) is 1.00. The second kappa shape index (κ2) is 4.80. The molecule has 0 bridgehead atoms. The van der Waals surface area contributed by atoms with Crippen LogP contribution in [-0.4, -0.2) is 27.7 Å². The Kier molecular flexibility index (Phi) is 3.98. The Morgan fingerprint density at radius 2 is 2.00 bits per heavy atom. The Morgan fingerprint density at radius 1 is 1.25 bits per heavy atom. The van der Waals surface area contributed by atoms with E-state index in [2.05, 4.69) is 0 Å². The van der Waals surface area contributed by atoms with Crippen molar-refractivity contribution in [2.45, 2.75) is 50.9 Å². The average Bonchev–Trinajstić information content (AvgIpc) is 2.01. The number of hydrogen-bond donors (Lipinski definition) is 3. The van der Waals surface area contributed by atoms with Crippen LogP contribution in [0.5, 0.6) is 0 Å². The molecule has 2 unspecified atom stereocenters. The Bertz CT molecular complexity index is 125. The Hall–Kier alpha value is -0.120. The van der Waals surface area contributed by atoms with Crippen molar-refractivity contribution in [1.82, 2.24) is 0 Å². The molecular weight excluding hydrogens is 156 g/mol. The molecule has 3 N–H and O–H groups in total. The van der Waals surface area contributed by atoms with Gasteiger partial charge in [-0.2, -0.15) is 0 Å². The number of aliphatic hydroxyl groups excluding tert-OH is 2. The van der Waals surface area contributed by atoms with Gasteiger partial charge in [0.05, 0.1) is 6.10 Å². The van der Waals surface area contributed by atoms with Crippen LogP contribution in [0.25, 0.3) is 0 Å². The maximum atomic E-state index is 9.32. The maximum Gasteiger partial charge on any atom is 0.151 e. The topological polar surface area (TPSA) is 60.7 Å². The molecule has 0 aliphatic heterocycles. The van der Waals surface area contributed by atoms with E-state index in [1.165, 1.54) is 0 Å². The molecule has 1 rings (SSSR count). The molecule has 72 valence electrons. The lowest BCUT2D eigenvalue weighted by atomic mass is 9.84. The molecule has 0 spiro atoms. The van der Waals surface area contributed by atoms with Crippen LogP contribution in [0.1, 0.15) is 38.5 Å². The summed E-state index contributed by atoms with van der Waals surface area (Å²) in [6.45, 7) is 0. The Morgan fingerprint density at radius 3 is 2.58 bits per heavy atom. The van der Waals surface area contributed by atoms with E-state index in [-0.39, 0.29) is 6.10 Å². The SMILES string of the molecule is OC(O)CCC1CCCC(O)C1. The van der Waals surface area contributed by atoms with Gasteiger partial charge >= 0.3 is 0 Å². The van der Waals surface area contributed by atoms with Gasteiger partial charge in [0.2, 0.25) is 0 Å². The summed E-state index contributed by atoms with van der Waals surface area (Å²) in [4.78, 5) is 0. The van der Waals surface area contributed by atoms with Gasteiger partial charge in [-0.05, 0) is 31.6 Å². The summed E-state index contributed by atoms with van der Waals surface area (Å²) < 4.78 is 0. The number of hydrogen-bond acceptors (Lipinski definition) is 3. The second-order valence-corrected chi connectivity index (χ2v) is 3.74. The number of aliphatic hydroxyl groups is 3. The van der Waals surface area contributed by atoms with Crippen LogP contribution in [0.3, 0.4) is 0 Å². The van der Waals surface area contributed by atoms with Crippen LogP contribution in [0, 0.1) is 5.92 Å². The molecule has 0 aromatic carbocycles. The minimum atomic E-state index is -1.18. The molecule has 0 aromatic heterocycles. The third-order valence-electron chi connectivity index (χ3n) is 2.59. The third-order valence-corrected chi connectivity index (χ3v) is 2.59. The fourth-order valence-electron chi connectivity index (χ4n) is 1.91. The zero-order valence-corrected chi connectivity index (χ0v) is 7.32. The van der Waals surface area contributed by atoms with Crippen molar-refractivity contribution in [2.75, 3.05) is 0 Å². The van der Waals surface area contributed by atoms with E-state index in [1.54, 1.807) is 0 Å². The summed E-state index contributed by atoms with van der Waals surface area (Å²) >= 11 is 0. The smallest absolute Gasteiger partial charge is 0.151 e. The Labute approximate surface area is 73.0 Å². The molecule has 0 amide bonds. The van der Waals surface area contributed by atoms with Crippen LogP contribution >= 0.6 is 0 Å². The molecule has 3 nitrogen and oxygen atoms in total. The zero-order valence-electron chi connectivity index (χ0n) is 7.32. The van der Waals surface area contributed by atoms with Crippen molar-refractivity contribution in [3.63, 3.8) is 0 Å². The summed E-state index contributed by atoms with van der Waals surface area (Å²) in [6, 6.07) is 0. The lowest BCUT2D eigenvalue weighted by Gasteiger charge is -2.25. The van der Waals surface area contributed by atoms with Gasteiger partial charge < -0.3 is 15.3 Å². The second-order valence-electron chi connectivity index (χ2n) is 3.74. The van der Waals surface area contributed by atoms with E-state index in [0.29, 0.717) is 12.3 Å². The lowest BCUT2D eigenvalue weighted by molar-refractivity contribution is -0.0512. The van der Waals surface area contributed by atoms with Crippen LogP contribution < -0.4 is 0 Å². The highest BCUT2D eigenvalue weighted by molar-refractivity contribution is 4.72. The van der Waals surface area contributed by atoms with Crippen molar-refractivity contribution in [2.24, 2.45) is 5.92 Å². The van der Waals surface area contributed by atoms with Gasteiger partial charge in [0.15, 0.2) is 6.29 Å². The quantitative estimate of drug-likeness (QED) is 0.550. The van der Waals surface area contributed by atoms with E-state index < -0.39 is 6.29 Å². The van der Waals surface area contributed by atoms with E-state index in [0.717, 1.165) is 32.1 Å². The molecule has 1 aliphatic rings. The first kappa shape index (κ1) is 9.96. The molecule has 1 aliphatic carbocycles. The van der Waals surface area contributed by atoms with Gasteiger partial charge in [0, 0.05) is 0 Å². The van der Waals surface area contributed by atoms with Crippen molar-refractivity contribution in [3.8, 4) is 0 Å². The minimum absolute atomic E-state index is 0.153. The van der Waals surface area contributed by atoms with E-state index >= 15 is 0 Å². The molecule has 12 heavy (non-hydrogen) atoms. The predicted molar refractivity (Wildman–Crippen MR) is 45.4 cm³/mol. The van der Waals surface area contributed by atoms with Gasteiger partial charge in [0.25, 0.3) is 0 Å². The Balaban J connectivity index is 2.14. The molecule has 0 radical (unpaired) electrons. The highest BCUT2D eigenvalue weighted by Gasteiger charge is 2.20. The van der Waals surface area contributed by atoms with E-state index in [9.17, 15) is 5.11 Å². The maximum absolute atomic E-state index is 9.32. The standard InChI is InChI=1S/C9H18O3/c10-8-3-1-2-7(6-8)4-5-9(11)12/h7-12H,1-6H2. The summed E-state index contributed by atoms with van der Waals surface area (Å²) in [6.07, 6.45) is 3.90. The first-order chi connectivity index (χ1) is 5.68. The van der Waals surface area contributed by atoms with Gasteiger partial charge in [-0.15, -0.1) is 0 Å². The zero-order chi connectivity index (χ0) is 8.97. The van der Waals surface area contributed by atoms with Crippen LogP contribution in [0.2, 0.25) is 0 Å². The highest BCUT2D eigenvalue weighted by atomic mass is 16.5. The highest BCUT2D eigenvalue weighted by Crippen LogP contribution is 2.27. The van der Waals surface area contributed by atoms with Crippen LogP contribution in [-0.2, 0) is 0 Å². The van der Waals surface area contributed by atoms with Gasteiger partial charge in [0.1, 0.15) is 0 Å². The lowest BCUT2D eigenvalue weighted by Crippen LogP contribution is -2.20. The van der Waals surface area contributed by atoms with Gasteiger partial charge in [-0.25, -0.2) is 0 Å². The van der Waals surface area contributed by atoms with E-state index in [4.69, 9.17) is 10.2 Å². The van der Waals surface area contributed by atoms with Crippen molar-refractivity contribution in [3.05, 3.63) is 0 Å². The molecular formula is C9H18O3. The van der Waals surface area contributed by atoms with Crippen molar-refractivity contribution >= 4 is 0 Å². The minimum Gasteiger partial charge on any atom is -0.393 e. The fourth-order valence-corrected chi connectivity index (χ4v) is 1.91. The molecule has 3 heteroatoms. The summed E-state index contributed by atoms with van der Waals surface area (Å²) in [7, 11) is 0. The monoisotopic (exact) mass is 174 g/mol. The van der Waals surface area contributed by atoms with E-state index in [1.807, 2.05) is 0 Å². The van der Waals surface area contributed by atoms with Gasteiger partial charge in [-0.3, -0.25) is 0 Å². The summed E-state index contributed by atoms with van der Waals surface area (Å²) in [5.74, 6) is 0.496. The third kappa shape index (κ3) is 3.52. The molecule has 1 fully saturated rings. The average molecular weight is 174 g/mol. The molecule has 1 saturated carbocycles. The molecule has 0 heterocycles. The van der Waals surface area contributed by atoms with Crippen LogP contribution in [0.15, 0.2) is 0 Å². The largest absolute Gasteiger partial charge is 0.393 e. The summed E-state index contributed by atoms with van der Waals surface area (Å²) in [5, 5.41) is 26.6. The van der Waals surface area contributed by atoms with Crippen molar-refractivity contribution < 1.29 is 15.3 Å². The van der Waals surface area contributed by atoms with Crippen LogP contribution in [0.4, 0.5) is 0 Å². The predicted octanol–water partition coefficient (Wildman–Crippen LogP) is 0.628. The molecule has 0 aromatic rings. The molecule has 2 atom stereocenters. The van der Waals surface area contributed by atoms with Crippen molar-refractivity contribution in [1.29, 1.82) is 0 Å². The summed E-state index contributed by atoms with van der Waals surface area (Å²) in [5.41, 5.74) is 0. The normalized spacial score (nSPS) is 31.0. The van der Waals surface area contributed by atoms with Gasteiger partial charge in [-0.1, -0.05) is 12.8 Å². The number of rotatable bonds is 3.